The van der Waals surface area contributed by atoms with Crippen LogP contribution < -0.4 is 0 Å². The predicted octanol–water partition coefficient (Wildman–Crippen LogP) is 2.08. The first-order valence-corrected chi connectivity index (χ1v) is 10.9. The van der Waals surface area contributed by atoms with Crippen LogP contribution in [-0.2, 0) is 25.8 Å². The van der Waals surface area contributed by atoms with Gasteiger partial charge in [-0.3, -0.25) is 4.79 Å². The van der Waals surface area contributed by atoms with E-state index in [4.69, 9.17) is 4.74 Å². The molecule has 0 unspecified atom stereocenters. The molecule has 0 aliphatic carbocycles. The molecule has 7 heteroatoms. The number of hydrogen-bond acceptors (Lipinski definition) is 5. The molecule has 1 atom stereocenters. The Morgan fingerprint density at radius 3 is 2.43 bits per heavy atom. The maximum Gasteiger partial charge on any atom is 0.338 e. The van der Waals surface area contributed by atoms with E-state index in [1.807, 2.05) is 42.5 Å². The average molecular weight is 401 g/mol. The van der Waals surface area contributed by atoms with Crippen molar-refractivity contribution in [2.45, 2.75) is 18.9 Å². The molecule has 0 saturated carbocycles. The lowest BCUT2D eigenvalue weighted by Gasteiger charge is -2.23. The topological polar surface area (TPSA) is 80.8 Å². The zero-order valence-electron chi connectivity index (χ0n) is 15.7. The number of carbonyl (C=O) groups excluding carboxylic acids is 2. The van der Waals surface area contributed by atoms with E-state index >= 15 is 0 Å². The third kappa shape index (κ3) is 4.98. The summed E-state index contributed by atoms with van der Waals surface area (Å²) in [7, 11) is -1.54. The minimum Gasteiger partial charge on any atom is -0.452 e. The van der Waals surface area contributed by atoms with Crippen molar-refractivity contribution in [1.82, 2.24) is 4.90 Å². The van der Waals surface area contributed by atoms with Gasteiger partial charge in [0.25, 0.3) is 5.91 Å². The molecule has 148 valence electrons. The fourth-order valence-electron chi connectivity index (χ4n) is 3.28. The van der Waals surface area contributed by atoms with Crippen LogP contribution in [0.2, 0.25) is 0 Å². The van der Waals surface area contributed by atoms with Gasteiger partial charge >= 0.3 is 5.97 Å². The maximum atomic E-state index is 12.5. The lowest BCUT2D eigenvalue weighted by atomic mass is 10.00. The van der Waals surface area contributed by atoms with Crippen molar-refractivity contribution < 1.29 is 22.7 Å². The second-order valence-corrected chi connectivity index (χ2v) is 9.19. The molecule has 1 aliphatic heterocycles. The first-order chi connectivity index (χ1) is 13.4. The van der Waals surface area contributed by atoms with Crippen LogP contribution in [0.15, 0.2) is 54.6 Å². The molecule has 1 heterocycles. The molecule has 0 radical (unpaired) electrons. The zero-order chi connectivity index (χ0) is 20.1. The predicted molar refractivity (Wildman–Crippen MR) is 106 cm³/mol. The molecule has 0 bridgehead atoms. The minimum atomic E-state index is -3.09. The van der Waals surface area contributed by atoms with E-state index in [9.17, 15) is 18.0 Å². The van der Waals surface area contributed by atoms with Gasteiger partial charge in [-0.25, -0.2) is 13.2 Å². The molecule has 1 saturated heterocycles. The number of likely N-dealkylation sites (N-methyl/N-ethyl adjacent to an activating group) is 1. The number of amides is 1. The lowest BCUT2D eigenvalue weighted by Crippen LogP contribution is -2.40. The van der Waals surface area contributed by atoms with Gasteiger partial charge in [-0.1, -0.05) is 48.5 Å². The minimum absolute atomic E-state index is 0.0386. The molecule has 28 heavy (non-hydrogen) atoms. The average Bonchev–Trinajstić information content (AvgIpc) is 3.06. The van der Waals surface area contributed by atoms with Crippen molar-refractivity contribution >= 4 is 21.7 Å². The molecule has 1 fully saturated rings. The van der Waals surface area contributed by atoms with Crippen molar-refractivity contribution in [3.63, 3.8) is 0 Å². The van der Waals surface area contributed by atoms with Gasteiger partial charge in [0.05, 0.1) is 17.1 Å². The molecular weight excluding hydrogens is 378 g/mol. The normalized spacial score (nSPS) is 17.8. The maximum absolute atomic E-state index is 12.5. The van der Waals surface area contributed by atoms with Crippen LogP contribution in [0, 0.1) is 0 Å². The second kappa shape index (κ2) is 8.56. The number of carbonyl (C=O) groups is 2. The number of nitrogens with zero attached hydrogens (tertiary/aromatic N) is 1. The molecule has 2 aromatic carbocycles. The van der Waals surface area contributed by atoms with Gasteiger partial charge in [0.15, 0.2) is 16.4 Å². The summed E-state index contributed by atoms with van der Waals surface area (Å²) < 4.78 is 28.4. The molecule has 1 aliphatic rings. The Hall–Kier alpha value is -2.67. The molecule has 6 nitrogen and oxygen atoms in total. The van der Waals surface area contributed by atoms with Crippen LogP contribution in [0.5, 0.6) is 0 Å². The Morgan fingerprint density at radius 2 is 1.75 bits per heavy atom. The van der Waals surface area contributed by atoms with E-state index in [1.165, 1.54) is 4.90 Å². The summed E-state index contributed by atoms with van der Waals surface area (Å²) in [5.74, 6) is -0.922. The lowest BCUT2D eigenvalue weighted by molar-refractivity contribution is -0.134. The number of ether oxygens (including phenoxy) is 1. The molecule has 0 N–H and O–H groups in total. The monoisotopic (exact) mass is 401 g/mol. The van der Waals surface area contributed by atoms with Gasteiger partial charge in [-0.2, -0.15) is 0 Å². The van der Waals surface area contributed by atoms with Crippen LogP contribution in [0.4, 0.5) is 0 Å². The van der Waals surface area contributed by atoms with Crippen molar-refractivity contribution in [2.75, 3.05) is 25.2 Å². The Kier molecular flexibility index (Phi) is 6.14. The summed E-state index contributed by atoms with van der Waals surface area (Å²) in [4.78, 5) is 26.2. The van der Waals surface area contributed by atoms with Crippen LogP contribution in [0.25, 0.3) is 0 Å². The summed E-state index contributed by atoms with van der Waals surface area (Å²) in [5, 5.41) is 0. The summed E-state index contributed by atoms with van der Waals surface area (Å²) in [6.45, 7) is -0.411. The van der Waals surface area contributed by atoms with Crippen LogP contribution in [0.3, 0.4) is 0 Å². The quantitative estimate of drug-likeness (QED) is 0.693. The summed E-state index contributed by atoms with van der Waals surface area (Å²) in [6.07, 6.45) is 0.998. The fraction of sp³-hybridized carbons (Fsp3) is 0.333. The molecule has 0 spiro atoms. The van der Waals surface area contributed by atoms with Crippen molar-refractivity contribution in [1.29, 1.82) is 0 Å². The molecule has 3 rings (SSSR count). The van der Waals surface area contributed by atoms with Gasteiger partial charge in [-0.05, 0) is 30.0 Å². The zero-order valence-corrected chi connectivity index (χ0v) is 16.5. The number of benzene rings is 2. The second-order valence-electron chi connectivity index (χ2n) is 6.96. The summed E-state index contributed by atoms with van der Waals surface area (Å²) in [5.41, 5.74) is 2.31. The van der Waals surface area contributed by atoms with E-state index in [0.717, 1.165) is 11.1 Å². The number of sulfone groups is 1. The summed E-state index contributed by atoms with van der Waals surface area (Å²) in [6, 6.07) is 16.6. The van der Waals surface area contributed by atoms with Gasteiger partial charge in [-0.15, -0.1) is 0 Å². The van der Waals surface area contributed by atoms with Gasteiger partial charge in [0.2, 0.25) is 0 Å². The Labute approximate surface area is 165 Å². The van der Waals surface area contributed by atoms with Crippen LogP contribution in [-0.4, -0.2) is 56.4 Å². The third-order valence-electron chi connectivity index (χ3n) is 4.95. The van der Waals surface area contributed by atoms with E-state index in [-0.39, 0.29) is 17.5 Å². The molecule has 0 aromatic heterocycles. The first-order valence-electron chi connectivity index (χ1n) is 9.11. The van der Waals surface area contributed by atoms with Gasteiger partial charge in [0.1, 0.15) is 0 Å². The van der Waals surface area contributed by atoms with E-state index in [1.54, 1.807) is 19.2 Å². The van der Waals surface area contributed by atoms with E-state index in [2.05, 4.69) is 0 Å². The highest BCUT2D eigenvalue weighted by Crippen LogP contribution is 2.18. The Morgan fingerprint density at radius 1 is 1.07 bits per heavy atom. The smallest absolute Gasteiger partial charge is 0.338 e. The number of rotatable bonds is 6. The van der Waals surface area contributed by atoms with Crippen LogP contribution in [0.1, 0.15) is 27.9 Å². The largest absolute Gasteiger partial charge is 0.452 e. The van der Waals surface area contributed by atoms with E-state index < -0.39 is 28.3 Å². The van der Waals surface area contributed by atoms with Crippen molar-refractivity contribution in [3.05, 3.63) is 71.3 Å². The Bertz CT molecular complexity index is 956. The highest BCUT2D eigenvalue weighted by atomic mass is 32.2. The standard InChI is InChI=1S/C21H23NO5S/c1-22(18-11-12-28(25,26)15-18)20(23)14-27-21(24)19-10-6-5-9-17(19)13-16-7-3-2-4-8-16/h2-10,18H,11-15H2,1H3/t18-/m1/s1. The highest BCUT2D eigenvalue weighted by molar-refractivity contribution is 7.91. The number of esters is 1. The first kappa shape index (κ1) is 20.1. The van der Waals surface area contributed by atoms with Gasteiger partial charge < -0.3 is 9.64 Å². The van der Waals surface area contributed by atoms with Crippen molar-refractivity contribution in [3.8, 4) is 0 Å². The van der Waals surface area contributed by atoms with Crippen LogP contribution >= 0.6 is 0 Å². The van der Waals surface area contributed by atoms with Crippen molar-refractivity contribution in [2.24, 2.45) is 0 Å². The SMILES string of the molecule is CN(C(=O)COC(=O)c1ccccc1Cc1ccccc1)[C@@H]1CCS(=O)(=O)C1. The Balaban J connectivity index is 1.61. The highest BCUT2D eigenvalue weighted by Gasteiger charge is 2.33. The fourth-order valence-corrected chi connectivity index (χ4v) is 5.06. The van der Waals surface area contributed by atoms with Gasteiger partial charge in [0, 0.05) is 13.1 Å². The molecule has 1 amide bonds. The molecule has 2 aromatic rings. The molecular formula is C21H23NO5S. The number of hydrogen-bond donors (Lipinski definition) is 0. The summed E-state index contributed by atoms with van der Waals surface area (Å²) >= 11 is 0. The van der Waals surface area contributed by atoms with E-state index in [0.29, 0.717) is 18.4 Å². The third-order valence-corrected chi connectivity index (χ3v) is 6.70.